The van der Waals surface area contributed by atoms with E-state index >= 15 is 0 Å². The number of carboxylic acid groups (broad SMARTS) is 1. The highest BCUT2D eigenvalue weighted by Gasteiger charge is 2.69. The SMILES string of the molecule is C=C1CC[C@]2(C(=O)O)CC[C@]3(C)C(=CCC4[C@@]5(C)CC[C@H](O[C@@H]6OC[C@H](O)[C@H](O)[C@H]6O[C@@H]6O[C@@H](C)[C@H](O)[C@@H](O[C@@H]7O[C@H](CO)[C@@H](O)[C@H](O[C@H]8O[C@H](C)[C@@H](O)[C@H](O)[C@@H]8O)[C@H]7O)[C@H]6O)C(C)(C)C5CC[C@]43C)C2C1. The number of aliphatic carboxylic acids is 1. The molecule has 4 heterocycles. The fourth-order valence-corrected chi connectivity index (χ4v) is 15.8. The minimum Gasteiger partial charge on any atom is -0.481 e. The van der Waals surface area contributed by atoms with E-state index in [-0.39, 0.29) is 34.7 Å². The van der Waals surface area contributed by atoms with Gasteiger partial charge in [0.15, 0.2) is 25.2 Å². The molecule has 9 aliphatic rings. The minimum atomic E-state index is -1.92. The monoisotopic (exact) mass is 1030 g/mol. The van der Waals surface area contributed by atoms with Gasteiger partial charge in [-0.15, -0.1) is 0 Å². The van der Waals surface area contributed by atoms with Crippen molar-refractivity contribution in [3.63, 3.8) is 0 Å². The van der Waals surface area contributed by atoms with E-state index in [0.29, 0.717) is 25.2 Å². The van der Waals surface area contributed by atoms with E-state index in [1.807, 2.05) is 0 Å². The summed E-state index contributed by atoms with van der Waals surface area (Å²) in [6, 6.07) is 0. The molecular weight excluding hydrogens is 945 g/mol. The van der Waals surface area contributed by atoms with Crippen LogP contribution >= 0.6 is 0 Å². The average Bonchev–Trinajstić information content (AvgIpc) is 3.32. The lowest BCUT2D eigenvalue weighted by molar-refractivity contribution is -0.390. The lowest BCUT2D eigenvalue weighted by atomic mass is 9.34. The quantitative estimate of drug-likeness (QED) is 0.106. The van der Waals surface area contributed by atoms with Crippen molar-refractivity contribution in [2.45, 2.75) is 235 Å². The molecule has 410 valence electrons. The number of rotatable bonds is 10. The van der Waals surface area contributed by atoms with E-state index in [2.05, 4.69) is 47.3 Å². The van der Waals surface area contributed by atoms with Crippen molar-refractivity contribution in [1.29, 1.82) is 0 Å². The standard InChI is InChI=1S/C52H82O20/c1-22-11-16-52(47(63)64)18-17-50(7)25(26(52)19-22)9-10-30-49(6)14-13-31(48(4,5)29(49)12-15-51(30,50)8)69-46-42(34(57)27(54)21-65-46)72-44-38(61)40(33(56)24(3)67-44)70-45-39(62)41(35(58)28(20-53)68-45)71-43-37(60)36(59)32(55)23(2)66-43/h9,23-24,26-46,53-62H,1,10-21H2,2-8H3,(H,63,64)/t23-,24+,26?,27+,28-,29?,30?,31+,32-,33+,34+,35-,36+,37+,38-,39-,40-,41+,42-,43-,44+,45+,46+,49+,50-,51-,52+/m1/s1. The second-order valence-electron chi connectivity index (χ2n) is 24.4. The molecule has 11 N–H and O–H groups in total. The van der Waals surface area contributed by atoms with Gasteiger partial charge in [0.05, 0.1) is 36.9 Å². The van der Waals surface area contributed by atoms with Gasteiger partial charge in [0.2, 0.25) is 0 Å². The zero-order valence-corrected chi connectivity index (χ0v) is 42.6. The number of carbonyl (C=O) groups is 1. The Bertz CT molecular complexity index is 2020. The number of hydrogen-bond acceptors (Lipinski definition) is 19. The summed E-state index contributed by atoms with van der Waals surface area (Å²) in [5, 5.41) is 120. The van der Waals surface area contributed by atoms with Crippen molar-refractivity contribution in [2.75, 3.05) is 13.2 Å². The van der Waals surface area contributed by atoms with Gasteiger partial charge in [-0.2, -0.15) is 0 Å². The Labute approximate surface area is 421 Å². The number of fused-ring (bicyclic) bond motifs is 7. The highest BCUT2D eigenvalue weighted by molar-refractivity contribution is 5.77. The van der Waals surface area contributed by atoms with Crippen molar-refractivity contribution in [3.05, 3.63) is 23.8 Å². The van der Waals surface area contributed by atoms with Crippen LogP contribution in [0.2, 0.25) is 0 Å². The summed E-state index contributed by atoms with van der Waals surface area (Å²) in [6.07, 6.45) is -20.0. The zero-order valence-electron chi connectivity index (χ0n) is 42.6. The summed E-state index contributed by atoms with van der Waals surface area (Å²) in [4.78, 5) is 13.0. The first-order chi connectivity index (χ1) is 33.7. The van der Waals surface area contributed by atoms with Crippen LogP contribution in [-0.2, 0) is 42.7 Å². The first-order valence-corrected chi connectivity index (χ1v) is 26.3. The molecule has 4 aliphatic heterocycles. The molecule has 20 heteroatoms. The number of hydrogen-bond donors (Lipinski definition) is 11. The van der Waals surface area contributed by atoms with Gasteiger partial charge in [0.25, 0.3) is 0 Å². The van der Waals surface area contributed by atoms with Crippen LogP contribution in [0, 0.1) is 44.8 Å². The molecule has 72 heavy (non-hydrogen) atoms. The first kappa shape index (κ1) is 55.0. The van der Waals surface area contributed by atoms with Crippen LogP contribution in [0.5, 0.6) is 0 Å². The van der Waals surface area contributed by atoms with Crippen LogP contribution in [0.25, 0.3) is 0 Å². The maximum absolute atomic E-state index is 13.0. The molecule has 9 rings (SSSR count). The van der Waals surface area contributed by atoms with E-state index in [4.69, 9.17) is 37.9 Å². The molecule has 0 radical (unpaired) electrons. The highest BCUT2D eigenvalue weighted by atomic mass is 16.8. The number of ether oxygens (including phenoxy) is 8. The fourth-order valence-electron chi connectivity index (χ4n) is 15.8. The summed E-state index contributed by atoms with van der Waals surface area (Å²) in [6.45, 7) is 17.8. The van der Waals surface area contributed by atoms with Gasteiger partial charge in [0.1, 0.15) is 79.4 Å². The van der Waals surface area contributed by atoms with Crippen LogP contribution in [0.4, 0.5) is 0 Å². The molecule has 0 aromatic carbocycles. The topological polar surface area (TPSA) is 313 Å². The number of allylic oxidation sites excluding steroid dienone is 3. The van der Waals surface area contributed by atoms with Crippen molar-refractivity contribution in [1.82, 2.24) is 0 Å². The summed E-state index contributed by atoms with van der Waals surface area (Å²) in [5.74, 6) is -0.207. The van der Waals surface area contributed by atoms with Crippen LogP contribution in [-0.4, -0.2) is 198 Å². The zero-order chi connectivity index (χ0) is 52.4. The van der Waals surface area contributed by atoms with Gasteiger partial charge in [-0.1, -0.05) is 58.4 Å². The molecule has 27 atom stereocenters. The summed E-state index contributed by atoms with van der Waals surface area (Å²) < 4.78 is 48.2. The molecule has 0 spiro atoms. The van der Waals surface area contributed by atoms with Crippen LogP contribution in [0.1, 0.15) is 113 Å². The van der Waals surface area contributed by atoms with E-state index in [0.717, 1.165) is 50.5 Å². The van der Waals surface area contributed by atoms with E-state index in [1.165, 1.54) is 19.4 Å². The van der Waals surface area contributed by atoms with Crippen LogP contribution < -0.4 is 0 Å². The van der Waals surface area contributed by atoms with Gasteiger partial charge < -0.3 is 94.1 Å². The molecule has 0 bridgehead atoms. The molecule has 0 aromatic rings. The molecule has 3 unspecified atom stereocenters. The van der Waals surface area contributed by atoms with Crippen LogP contribution in [0.15, 0.2) is 23.8 Å². The summed E-state index contributed by atoms with van der Waals surface area (Å²) in [7, 11) is 0. The van der Waals surface area contributed by atoms with Crippen molar-refractivity contribution >= 4 is 5.97 Å². The van der Waals surface area contributed by atoms with Gasteiger partial charge in [0, 0.05) is 5.92 Å². The molecule has 0 amide bonds. The van der Waals surface area contributed by atoms with Gasteiger partial charge in [-0.25, -0.2) is 0 Å². The molecule has 20 nitrogen and oxygen atoms in total. The summed E-state index contributed by atoms with van der Waals surface area (Å²) >= 11 is 0. The Hall–Kier alpha value is -1.77. The third-order valence-electron chi connectivity index (χ3n) is 20.4. The van der Waals surface area contributed by atoms with Crippen molar-refractivity contribution < 1.29 is 98.9 Å². The van der Waals surface area contributed by atoms with Crippen molar-refractivity contribution in [2.24, 2.45) is 44.8 Å². The number of carboxylic acids is 1. The average molecular weight is 1030 g/mol. The lowest BCUT2D eigenvalue weighted by Gasteiger charge is -2.71. The molecule has 5 aliphatic carbocycles. The molecule has 0 aromatic heterocycles. The predicted molar refractivity (Wildman–Crippen MR) is 250 cm³/mol. The number of aliphatic hydroxyl groups excluding tert-OH is 10. The number of aliphatic hydroxyl groups is 10. The lowest BCUT2D eigenvalue weighted by Crippen LogP contribution is -2.67. The largest absolute Gasteiger partial charge is 0.481 e. The fraction of sp³-hybridized carbons (Fsp3) is 0.904. The highest BCUT2D eigenvalue weighted by Crippen LogP contribution is 2.75. The molecule has 4 saturated carbocycles. The summed E-state index contributed by atoms with van der Waals surface area (Å²) in [5.41, 5.74) is 0.935. The maximum Gasteiger partial charge on any atom is 0.310 e. The van der Waals surface area contributed by atoms with Crippen molar-refractivity contribution in [3.8, 4) is 0 Å². The molecule has 8 fully saturated rings. The van der Waals surface area contributed by atoms with Gasteiger partial charge in [-0.05, 0) is 112 Å². The normalized spacial score (nSPS) is 54.6. The Morgan fingerprint density at radius 2 is 1.28 bits per heavy atom. The molecule has 4 saturated heterocycles. The van der Waals surface area contributed by atoms with E-state index in [1.54, 1.807) is 0 Å². The second kappa shape index (κ2) is 19.9. The Kier molecular flexibility index (Phi) is 15.2. The van der Waals surface area contributed by atoms with Gasteiger partial charge >= 0.3 is 5.97 Å². The third-order valence-corrected chi connectivity index (χ3v) is 20.4. The van der Waals surface area contributed by atoms with E-state index in [9.17, 15) is 61.0 Å². The predicted octanol–water partition coefficient (Wildman–Crippen LogP) is 0.755. The Morgan fingerprint density at radius 1 is 0.667 bits per heavy atom. The van der Waals surface area contributed by atoms with Crippen LogP contribution in [0.3, 0.4) is 0 Å². The smallest absolute Gasteiger partial charge is 0.310 e. The Morgan fingerprint density at radius 3 is 1.93 bits per heavy atom. The molecular formula is C52H82O20. The first-order valence-electron chi connectivity index (χ1n) is 26.3. The van der Waals surface area contributed by atoms with E-state index < -0.39 is 146 Å². The maximum atomic E-state index is 13.0. The Balaban J connectivity index is 0.902. The second-order valence-corrected chi connectivity index (χ2v) is 24.4. The third kappa shape index (κ3) is 8.70. The van der Waals surface area contributed by atoms with Gasteiger partial charge in [-0.3, -0.25) is 4.79 Å². The minimum absolute atomic E-state index is 0.0519.